The Hall–Kier alpha value is -2.83. The molecule has 1 aromatic carbocycles. The third-order valence-electron chi connectivity index (χ3n) is 6.19. The second-order valence-corrected chi connectivity index (χ2v) is 8.31. The minimum atomic E-state index is -0.953. The maximum absolute atomic E-state index is 12.8. The molecule has 0 aliphatic heterocycles. The molecule has 7 heteroatoms. The van der Waals surface area contributed by atoms with E-state index in [0.717, 1.165) is 36.8 Å². The number of aliphatic carboxylic acids is 1. The van der Waals surface area contributed by atoms with Crippen LogP contribution in [0, 0.1) is 23.7 Å². The number of rotatable bonds is 7. The molecule has 2 saturated carbocycles. The minimum absolute atomic E-state index is 0.0717. The second kappa shape index (κ2) is 9.32. The third kappa shape index (κ3) is 4.35. The van der Waals surface area contributed by atoms with Gasteiger partial charge >= 0.3 is 5.97 Å². The summed E-state index contributed by atoms with van der Waals surface area (Å²) < 4.78 is 5.58. The van der Waals surface area contributed by atoms with Crippen LogP contribution < -0.4 is 15.6 Å². The zero-order valence-electron chi connectivity index (χ0n) is 17.7. The normalized spacial score (nSPS) is 24.4. The Bertz CT molecular complexity index is 842. The van der Waals surface area contributed by atoms with Crippen molar-refractivity contribution in [2.24, 2.45) is 23.7 Å². The van der Waals surface area contributed by atoms with Crippen LogP contribution in [0.25, 0.3) is 0 Å². The van der Waals surface area contributed by atoms with Crippen molar-refractivity contribution in [3.8, 4) is 5.75 Å². The van der Waals surface area contributed by atoms with Gasteiger partial charge in [0.25, 0.3) is 5.91 Å². The number of hydrazine groups is 1. The van der Waals surface area contributed by atoms with Crippen LogP contribution in [-0.4, -0.2) is 29.5 Å². The summed E-state index contributed by atoms with van der Waals surface area (Å²) in [6, 6.07) is 6.68. The average Bonchev–Trinajstić information content (AvgIpc) is 3.29. The molecule has 0 spiro atoms. The van der Waals surface area contributed by atoms with Gasteiger partial charge in [0.2, 0.25) is 5.91 Å². The van der Waals surface area contributed by atoms with E-state index >= 15 is 0 Å². The number of amides is 2. The number of benzene rings is 1. The van der Waals surface area contributed by atoms with Crippen LogP contribution in [-0.2, 0) is 9.59 Å². The first kappa shape index (κ1) is 21.9. The Labute approximate surface area is 176 Å². The van der Waals surface area contributed by atoms with Gasteiger partial charge in [-0.05, 0) is 69.2 Å². The van der Waals surface area contributed by atoms with E-state index in [1.54, 1.807) is 24.3 Å². The highest BCUT2D eigenvalue weighted by Gasteiger charge is 2.57. The van der Waals surface area contributed by atoms with Crippen LogP contribution in [0.5, 0.6) is 5.75 Å². The van der Waals surface area contributed by atoms with E-state index in [9.17, 15) is 19.5 Å². The molecule has 2 fully saturated rings. The highest BCUT2D eigenvalue weighted by atomic mass is 16.5. The zero-order valence-corrected chi connectivity index (χ0v) is 17.7. The third-order valence-corrected chi connectivity index (χ3v) is 6.19. The van der Waals surface area contributed by atoms with Gasteiger partial charge in [0.05, 0.1) is 18.4 Å². The first-order valence-corrected chi connectivity index (χ1v) is 10.6. The number of carbonyl (C=O) groups is 3. The van der Waals surface area contributed by atoms with Crippen molar-refractivity contribution in [1.29, 1.82) is 0 Å². The number of carbonyl (C=O) groups excluding carboxylic acids is 2. The Morgan fingerprint density at radius 1 is 1.03 bits per heavy atom. The number of hydrogen-bond donors (Lipinski definition) is 3. The van der Waals surface area contributed by atoms with Gasteiger partial charge in [-0.3, -0.25) is 25.2 Å². The second-order valence-electron chi connectivity index (χ2n) is 8.31. The fraction of sp³-hybridized carbons (Fsp3) is 0.522. The summed E-state index contributed by atoms with van der Waals surface area (Å²) >= 11 is 0. The molecule has 1 aromatic rings. The van der Waals surface area contributed by atoms with Gasteiger partial charge in [0.15, 0.2) is 0 Å². The van der Waals surface area contributed by atoms with Crippen molar-refractivity contribution in [2.45, 2.75) is 46.5 Å². The van der Waals surface area contributed by atoms with Gasteiger partial charge in [-0.1, -0.05) is 24.5 Å². The summed E-state index contributed by atoms with van der Waals surface area (Å²) in [4.78, 5) is 37.1. The topological polar surface area (TPSA) is 105 Å². The van der Waals surface area contributed by atoms with E-state index in [-0.39, 0.29) is 11.8 Å². The van der Waals surface area contributed by atoms with E-state index in [1.165, 1.54) is 0 Å². The number of ether oxygens (including phenoxy) is 1. The summed E-state index contributed by atoms with van der Waals surface area (Å²) in [6.07, 6.45) is 3.61. The molecule has 2 amide bonds. The summed E-state index contributed by atoms with van der Waals surface area (Å²) in [5.41, 5.74) is 7.45. The monoisotopic (exact) mass is 414 g/mol. The maximum Gasteiger partial charge on any atom is 0.307 e. The fourth-order valence-corrected chi connectivity index (χ4v) is 4.92. The lowest BCUT2D eigenvalue weighted by Crippen LogP contribution is -2.48. The minimum Gasteiger partial charge on any atom is -0.494 e. The smallest absolute Gasteiger partial charge is 0.307 e. The van der Waals surface area contributed by atoms with Crippen LogP contribution in [0.3, 0.4) is 0 Å². The molecule has 4 atom stereocenters. The van der Waals surface area contributed by atoms with E-state index in [1.807, 2.05) is 13.8 Å². The number of hydrogen-bond acceptors (Lipinski definition) is 4. The number of nitrogens with one attached hydrogen (secondary N) is 2. The highest BCUT2D eigenvalue weighted by molar-refractivity contribution is 5.96. The first-order valence-electron chi connectivity index (χ1n) is 10.6. The van der Waals surface area contributed by atoms with Gasteiger partial charge in [-0.2, -0.15) is 0 Å². The molecule has 0 aromatic heterocycles. The molecule has 0 heterocycles. The summed E-state index contributed by atoms with van der Waals surface area (Å²) in [5.74, 6) is -2.74. The Balaban J connectivity index is 1.61. The molecule has 30 heavy (non-hydrogen) atoms. The van der Waals surface area contributed by atoms with Crippen LogP contribution in [0.2, 0.25) is 0 Å². The predicted octanol–water partition coefficient (Wildman–Crippen LogP) is 3.32. The molecule has 7 nitrogen and oxygen atoms in total. The van der Waals surface area contributed by atoms with Gasteiger partial charge in [0.1, 0.15) is 5.75 Å². The quantitative estimate of drug-likeness (QED) is 0.361. The summed E-state index contributed by atoms with van der Waals surface area (Å²) in [7, 11) is 0. The molecular weight excluding hydrogens is 384 g/mol. The van der Waals surface area contributed by atoms with E-state index in [2.05, 4.69) is 17.8 Å². The summed E-state index contributed by atoms with van der Waals surface area (Å²) in [5, 5.41) is 9.71. The van der Waals surface area contributed by atoms with E-state index < -0.39 is 29.6 Å². The number of fused-ring (bicyclic) bond motifs is 2. The van der Waals surface area contributed by atoms with Gasteiger partial charge in [0, 0.05) is 5.56 Å². The number of allylic oxidation sites excluding steroid dienone is 2. The average molecular weight is 415 g/mol. The van der Waals surface area contributed by atoms with Gasteiger partial charge in [-0.15, -0.1) is 0 Å². The lowest BCUT2D eigenvalue weighted by Gasteiger charge is -2.26. The van der Waals surface area contributed by atoms with Crippen molar-refractivity contribution in [3.05, 3.63) is 41.0 Å². The zero-order chi connectivity index (χ0) is 21.8. The standard InChI is InChI=1S/C23H30N2O5/c1-4-5-12-30-15-8-6-14(7-9-15)21(26)24-25-22(27)19-16-10-11-17(18(16)13(2)3)20(19)23(28)29/h6-9,16-17,19-20H,4-5,10-12H2,1-3H3,(H,24,26)(H,25,27)(H,28,29)/t16-,17+,19-,20-/m0/s1. The van der Waals surface area contributed by atoms with Gasteiger partial charge in [-0.25, -0.2) is 0 Å². The highest BCUT2D eigenvalue weighted by Crippen LogP contribution is 2.57. The van der Waals surface area contributed by atoms with Crippen LogP contribution in [0.15, 0.2) is 35.4 Å². The molecule has 3 rings (SSSR count). The summed E-state index contributed by atoms with van der Waals surface area (Å²) in [6.45, 7) is 6.65. The van der Waals surface area contributed by atoms with Crippen molar-refractivity contribution < 1.29 is 24.2 Å². The largest absolute Gasteiger partial charge is 0.494 e. The molecule has 0 radical (unpaired) electrons. The SMILES string of the molecule is CCCCOc1ccc(C(=O)NNC(=O)[C@@H]2[C@@H](C(=O)O)[C@@H]3CC[C@H]2C3=C(C)C)cc1. The number of carboxylic acid groups (broad SMARTS) is 1. The van der Waals surface area contributed by atoms with E-state index in [4.69, 9.17) is 4.74 Å². The van der Waals surface area contributed by atoms with Crippen LogP contribution in [0.1, 0.15) is 56.8 Å². The number of carboxylic acids is 1. The molecule has 2 aliphatic rings. The van der Waals surface area contributed by atoms with E-state index in [0.29, 0.717) is 17.9 Å². The van der Waals surface area contributed by atoms with Crippen LogP contribution >= 0.6 is 0 Å². The fourth-order valence-electron chi connectivity index (χ4n) is 4.92. The van der Waals surface area contributed by atoms with Crippen molar-refractivity contribution in [2.75, 3.05) is 6.61 Å². The first-order chi connectivity index (χ1) is 14.3. The molecular formula is C23H30N2O5. The van der Waals surface area contributed by atoms with Crippen molar-refractivity contribution >= 4 is 17.8 Å². The molecule has 0 unspecified atom stereocenters. The Morgan fingerprint density at radius 3 is 2.23 bits per heavy atom. The lowest BCUT2D eigenvalue weighted by atomic mass is 9.79. The number of unbranched alkanes of at least 4 members (excludes halogenated alkanes) is 1. The van der Waals surface area contributed by atoms with Crippen LogP contribution in [0.4, 0.5) is 0 Å². The molecule has 2 aliphatic carbocycles. The predicted molar refractivity (Wildman–Crippen MR) is 112 cm³/mol. The molecule has 162 valence electrons. The lowest BCUT2D eigenvalue weighted by molar-refractivity contribution is -0.149. The molecule has 2 bridgehead atoms. The molecule has 0 saturated heterocycles. The van der Waals surface area contributed by atoms with Crippen molar-refractivity contribution in [1.82, 2.24) is 10.9 Å². The van der Waals surface area contributed by atoms with Crippen molar-refractivity contribution in [3.63, 3.8) is 0 Å². The Morgan fingerprint density at radius 2 is 1.67 bits per heavy atom. The molecule has 3 N–H and O–H groups in total. The van der Waals surface area contributed by atoms with Gasteiger partial charge < -0.3 is 9.84 Å². The maximum atomic E-state index is 12.8. The Kier molecular flexibility index (Phi) is 6.80.